The Morgan fingerprint density at radius 2 is 1.61 bits per heavy atom. The van der Waals surface area contributed by atoms with Crippen molar-refractivity contribution < 1.29 is 14.3 Å². The minimum Gasteiger partial charge on any atom is -0.494 e. The van der Waals surface area contributed by atoms with Gasteiger partial charge in [0, 0.05) is 12.2 Å². The predicted molar refractivity (Wildman–Crippen MR) is 130 cm³/mol. The van der Waals surface area contributed by atoms with Crippen LogP contribution >= 0.6 is 0 Å². The highest BCUT2D eigenvalue weighted by molar-refractivity contribution is 6.46. The molecule has 3 aromatic carbocycles. The average Bonchev–Trinajstić information content (AvgIpc) is 3.37. The molecule has 5 rings (SSSR count). The van der Waals surface area contributed by atoms with Gasteiger partial charge in [0.05, 0.1) is 17.9 Å². The van der Waals surface area contributed by atoms with Crippen molar-refractivity contribution in [1.29, 1.82) is 0 Å². The summed E-state index contributed by atoms with van der Waals surface area (Å²) in [7, 11) is 0. The number of nitrogens with zero attached hydrogens (tertiary/aromatic N) is 2. The Kier molecular flexibility index (Phi) is 5.47. The Bertz CT molecular complexity index is 1240. The topological polar surface area (TPSA) is 49.9 Å². The van der Waals surface area contributed by atoms with Crippen molar-refractivity contribution in [3.05, 3.63) is 95.2 Å². The maximum Gasteiger partial charge on any atom is 0.282 e. The fourth-order valence-corrected chi connectivity index (χ4v) is 4.47. The number of carbonyl (C=O) groups is 2. The van der Waals surface area contributed by atoms with E-state index in [0.717, 1.165) is 29.8 Å². The Morgan fingerprint density at radius 1 is 0.879 bits per heavy atom. The molecule has 0 fully saturated rings. The molecule has 2 amide bonds. The first kappa shape index (κ1) is 21.0. The molecule has 2 aliphatic rings. The van der Waals surface area contributed by atoms with E-state index in [9.17, 15) is 9.59 Å². The molecule has 0 spiro atoms. The lowest BCUT2D eigenvalue weighted by Gasteiger charge is -2.22. The second-order valence-corrected chi connectivity index (χ2v) is 8.41. The third kappa shape index (κ3) is 3.69. The van der Waals surface area contributed by atoms with Crippen LogP contribution in [0.4, 0.5) is 11.4 Å². The van der Waals surface area contributed by atoms with Crippen molar-refractivity contribution in [3.8, 4) is 5.75 Å². The van der Waals surface area contributed by atoms with Crippen LogP contribution < -0.4 is 14.5 Å². The normalized spacial score (nSPS) is 15.5. The molecule has 0 atom stereocenters. The van der Waals surface area contributed by atoms with Crippen molar-refractivity contribution in [2.75, 3.05) is 23.0 Å². The van der Waals surface area contributed by atoms with Crippen LogP contribution in [0.1, 0.15) is 30.0 Å². The zero-order chi connectivity index (χ0) is 22.9. The summed E-state index contributed by atoms with van der Waals surface area (Å²) >= 11 is 0. The van der Waals surface area contributed by atoms with E-state index >= 15 is 0 Å². The first-order valence-corrected chi connectivity index (χ1v) is 11.4. The number of ether oxygens (including phenoxy) is 1. The van der Waals surface area contributed by atoms with Gasteiger partial charge in [-0.05, 0) is 61.2 Å². The Labute approximate surface area is 193 Å². The smallest absolute Gasteiger partial charge is 0.282 e. The van der Waals surface area contributed by atoms with E-state index in [1.807, 2.05) is 78.6 Å². The molecule has 0 radical (unpaired) electrons. The summed E-state index contributed by atoms with van der Waals surface area (Å²) in [6.45, 7) is 5.34. The molecule has 33 heavy (non-hydrogen) atoms. The SMILES string of the molecule is CCCOc1ccc(C2=C(N3CCc4ccccc43)C(=O)N(c3ccc(C)cc3)C2=O)cc1. The summed E-state index contributed by atoms with van der Waals surface area (Å²) in [5.74, 6) is 0.161. The molecule has 2 aliphatic heterocycles. The van der Waals surface area contributed by atoms with Crippen molar-refractivity contribution in [2.45, 2.75) is 26.7 Å². The van der Waals surface area contributed by atoms with Crippen LogP contribution in [0.5, 0.6) is 5.75 Å². The van der Waals surface area contributed by atoms with Crippen LogP contribution in [0, 0.1) is 6.92 Å². The number of imide groups is 1. The minimum atomic E-state index is -0.300. The van der Waals surface area contributed by atoms with E-state index < -0.39 is 0 Å². The molecule has 0 aromatic heterocycles. The fourth-order valence-electron chi connectivity index (χ4n) is 4.47. The summed E-state index contributed by atoms with van der Waals surface area (Å²) in [4.78, 5) is 30.8. The predicted octanol–water partition coefficient (Wildman–Crippen LogP) is 5.13. The molecule has 0 bridgehead atoms. The second-order valence-electron chi connectivity index (χ2n) is 8.41. The number of carbonyl (C=O) groups excluding carboxylic acids is 2. The fraction of sp³-hybridized carbons (Fsp3) is 0.214. The maximum absolute atomic E-state index is 13.8. The number of fused-ring (bicyclic) bond motifs is 1. The number of amides is 2. The van der Waals surface area contributed by atoms with Crippen molar-refractivity contribution >= 4 is 28.8 Å². The molecular weight excluding hydrogens is 412 g/mol. The number of hydrogen-bond donors (Lipinski definition) is 0. The summed E-state index contributed by atoms with van der Waals surface area (Å²) in [6.07, 6.45) is 1.76. The van der Waals surface area contributed by atoms with E-state index in [2.05, 4.69) is 13.0 Å². The largest absolute Gasteiger partial charge is 0.494 e. The van der Waals surface area contributed by atoms with Crippen molar-refractivity contribution in [1.82, 2.24) is 0 Å². The highest BCUT2D eigenvalue weighted by Crippen LogP contribution is 2.40. The second kappa shape index (κ2) is 8.58. The first-order valence-electron chi connectivity index (χ1n) is 11.4. The molecular formula is C28H26N2O3. The third-order valence-electron chi connectivity index (χ3n) is 6.12. The molecule has 0 aliphatic carbocycles. The lowest BCUT2D eigenvalue weighted by molar-refractivity contribution is -0.120. The van der Waals surface area contributed by atoms with Crippen LogP contribution in [-0.4, -0.2) is 25.0 Å². The summed E-state index contributed by atoms with van der Waals surface area (Å²) in [5, 5.41) is 0. The summed E-state index contributed by atoms with van der Waals surface area (Å²) in [5.41, 5.74) is 5.40. The van der Waals surface area contributed by atoms with Gasteiger partial charge in [-0.3, -0.25) is 9.59 Å². The van der Waals surface area contributed by atoms with E-state index in [-0.39, 0.29) is 11.8 Å². The lowest BCUT2D eigenvalue weighted by atomic mass is 10.0. The van der Waals surface area contributed by atoms with E-state index in [1.54, 1.807) is 0 Å². The van der Waals surface area contributed by atoms with Gasteiger partial charge in [0.25, 0.3) is 11.8 Å². The Morgan fingerprint density at radius 3 is 2.33 bits per heavy atom. The number of anilines is 2. The van der Waals surface area contributed by atoms with Crippen molar-refractivity contribution in [2.24, 2.45) is 0 Å². The van der Waals surface area contributed by atoms with Gasteiger partial charge in [-0.2, -0.15) is 0 Å². The monoisotopic (exact) mass is 438 g/mol. The molecule has 2 heterocycles. The Balaban J connectivity index is 1.61. The van der Waals surface area contributed by atoms with Gasteiger partial charge in [0.1, 0.15) is 11.4 Å². The molecule has 0 unspecified atom stereocenters. The highest BCUT2D eigenvalue weighted by Gasteiger charge is 2.44. The standard InChI is InChI=1S/C28H26N2O3/c1-3-18-33-23-14-10-21(11-15-23)25-26(29-17-16-20-6-4-5-7-24(20)29)28(32)30(27(25)31)22-12-8-19(2)9-13-22/h4-15H,3,16-18H2,1-2H3. The molecule has 3 aromatic rings. The first-order chi connectivity index (χ1) is 16.1. The maximum atomic E-state index is 13.8. The summed E-state index contributed by atoms with van der Waals surface area (Å²) in [6, 6.07) is 23.0. The number of hydrogen-bond acceptors (Lipinski definition) is 4. The zero-order valence-corrected chi connectivity index (χ0v) is 18.9. The molecule has 166 valence electrons. The van der Waals surface area contributed by atoms with Crippen LogP contribution in [0.3, 0.4) is 0 Å². The Hall–Kier alpha value is -3.86. The van der Waals surface area contributed by atoms with Crippen LogP contribution in [0.25, 0.3) is 5.57 Å². The van der Waals surface area contributed by atoms with Gasteiger partial charge in [0.2, 0.25) is 0 Å². The summed E-state index contributed by atoms with van der Waals surface area (Å²) < 4.78 is 5.71. The lowest BCUT2D eigenvalue weighted by Crippen LogP contribution is -2.34. The number of para-hydroxylation sites is 1. The van der Waals surface area contributed by atoms with Gasteiger partial charge < -0.3 is 9.64 Å². The highest BCUT2D eigenvalue weighted by atomic mass is 16.5. The molecule has 0 N–H and O–H groups in total. The van der Waals surface area contributed by atoms with Gasteiger partial charge in [-0.15, -0.1) is 0 Å². The number of rotatable bonds is 6. The van der Waals surface area contributed by atoms with Gasteiger partial charge in [0.15, 0.2) is 0 Å². The third-order valence-corrected chi connectivity index (χ3v) is 6.12. The van der Waals surface area contributed by atoms with Crippen LogP contribution in [0.15, 0.2) is 78.5 Å². The number of aryl methyl sites for hydroxylation is 1. The van der Waals surface area contributed by atoms with Gasteiger partial charge >= 0.3 is 0 Å². The van der Waals surface area contributed by atoms with Crippen LogP contribution in [0.2, 0.25) is 0 Å². The average molecular weight is 439 g/mol. The van der Waals surface area contributed by atoms with Gasteiger partial charge in [-0.25, -0.2) is 4.90 Å². The molecule has 0 saturated carbocycles. The van der Waals surface area contributed by atoms with E-state index in [1.165, 1.54) is 10.5 Å². The number of benzene rings is 3. The molecule has 0 saturated heterocycles. The van der Waals surface area contributed by atoms with Crippen LogP contribution in [-0.2, 0) is 16.0 Å². The quantitative estimate of drug-likeness (QED) is 0.501. The van der Waals surface area contributed by atoms with E-state index in [0.29, 0.717) is 35.7 Å². The van der Waals surface area contributed by atoms with Crippen molar-refractivity contribution in [3.63, 3.8) is 0 Å². The minimum absolute atomic E-state index is 0.290. The van der Waals surface area contributed by atoms with E-state index in [4.69, 9.17) is 4.74 Å². The molecule has 5 nitrogen and oxygen atoms in total. The zero-order valence-electron chi connectivity index (χ0n) is 18.9. The van der Waals surface area contributed by atoms with Gasteiger partial charge in [-0.1, -0.05) is 55.0 Å². The molecule has 5 heteroatoms.